The van der Waals surface area contributed by atoms with Crippen LogP contribution in [0.1, 0.15) is 45.6 Å². The Morgan fingerprint density at radius 2 is 2.00 bits per heavy atom. The average Bonchev–Trinajstić information content (AvgIpc) is 2.70. The molecular weight excluding hydrogens is 495 g/mol. The highest BCUT2D eigenvalue weighted by Crippen LogP contribution is 2.33. The summed E-state index contributed by atoms with van der Waals surface area (Å²) in [4.78, 5) is 18.5. The topological polar surface area (TPSA) is 89.2 Å². The van der Waals surface area contributed by atoms with Gasteiger partial charge in [0, 0.05) is 31.5 Å². The van der Waals surface area contributed by atoms with E-state index in [0.717, 1.165) is 55.5 Å². The van der Waals surface area contributed by atoms with Crippen LogP contribution in [0.25, 0.3) is 0 Å². The van der Waals surface area contributed by atoms with Crippen molar-refractivity contribution in [2.45, 2.75) is 45.4 Å². The van der Waals surface area contributed by atoms with Crippen LogP contribution < -0.4 is 20.5 Å². The van der Waals surface area contributed by atoms with Crippen LogP contribution >= 0.6 is 24.0 Å². The number of primary amides is 1. The van der Waals surface area contributed by atoms with E-state index in [9.17, 15) is 4.79 Å². The van der Waals surface area contributed by atoms with Gasteiger partial charge in [-0.2, -0.15) is 0 Å². The second-order valence-corrected chi connectivity index (χ2v) is 8.25. The smallest absolute Gasteiger partial charge is 0.217 e. The zero-order chi connectivity index (χ0) is 21.4. The van der Waals surface area contributed by atoms with Crippen LogP contribution in [0.5, 0.6) is 11.5 Å². The predicted molar refractivity (Wildman–Crippen MR) is 132 cm³/mol. The highest BCUT2D eigenvalue weighted by Gasteiger charge is 2.26. The summed E-state index contributed by atoms with van der Waals surface area (Å²) < 4.78 is 10.8. The molecule has 1 fully saturated rings. The number of carbonyl (C=O) groups is 1. The van der Waals surface area contributed by atoms with Crippen molar-refractivity contribution in [3.05, 3.63) is 23.8 Å². The standard InChI is InChI=1S/C22H36N4O3.HI/c1-6-24-21(26-11-7-8-16(14-26)12-20(23)27)25-15-22(2,3)17-9-10-18(28-4)19(13-17)29-5;/h9-10,13,16H,6-8,11-12,14-15H2,1-5H3,(H2,23,27)(H,24,25);1H. The van der Waals surface area contributed by atoms with Gasteiger partial charge in [0.15, 0.2) is 17.5 Å². The lowest BCUT2D eigenvalue weighted by atomic mass is 9.84. The average molecular weight is 532 g/mol. The highest BCUT2D eigenvalue weighted by atomic mass is 127. The number of hydrogen-bond acceptors (Lipinski definition) is 4. The van der Waals surface area contributed by atoms with Gasteiger partial charge < -0.3 is 25.4 Å². The third-order valence-corrected chi connectivity index (χ3v) is 5.43. The van der Waals surface area contributed by atoms with E-state index >= 15 is 0 Å². The minimum atomic E-state index is -0.228. The van der Waals surface area contributed by atoms with Crippen molar-refractivity contribution >= 4 is 35.8 Å². The minimum absolute atomic E-state index is 0. The minimum Gasteiger partial charge on any atom is -0.493 e. The number of carbonyl (C=O) groups excluding carboxylic acids is 1. The zero-order valence-electron chi connectivity index (χ0n) is 18.9. The number of hydrogen-bond donors (Lipinski definition) is 2. The molecule has 2 rings (SSSR count). The van der Waals surface area contributed by atoms with Gasteiger partial charge in [-0.05, 0) is 43.4 Å². The molecule has 0 saturated carbocycles. The summed E-state index contributed by atoms with van der Waals surface area (Å²) in [7, 11) is 3.29. The van der Waals surface area contributed by atoms with Crippen LogP contribution in [0.2, 0.25) is 0 Å². The number of benzene rings is 1. The molecule has 1 atom stereocenters. The number of nitrogens with one attached hydrogen (secondary N) is 1. The van der Waals surface area contributed by atoms with Crippen LogP contribution in [0.3, 0.4) is 0 Å². The van der Waals surface area contributed by atoms with Gasteiger partial charge in [0.05, 0.1) is 20.8 Å². The van der Waals surface area contributed by atoms with Gasteiger partial charge in [0.2, 0.25) is 5.91 Å². The van der Waals surface area contributed by atoms with Gasteiger partial charge in [-0.3, -0.25) is 9.79 Å². The third-order valence-electron chi connectivity index (χ3n) is 5.43. The van der Waals surface area contributed by atoms with Crippen LogP contribution in [0.4, 0.5) is 0 Å². The van der Waals surface area contributed by atoms with Crippen molar-refractivity contribution in [1.82, 2.24) is 10.2 Å². The van der Waals surface area contributed by atoms with Gasteiger partial charge in [-0.15, -0.1) is 24.0 Å². The molecule has 1 heterocycles. The van der Waals surface area contributed by atoms with Crippen molar-refractivity contribution in [3.8, 4) is 11.5 Å². The number of likely N-dealkylation sites (tertiary alicyclic amines) is 1. The molecule has 0 spiro atoms. The summed E-state index contributed by atoms with van der Waals surface area (Å²) in [6.07, 6.45) is 2.52. The van der Waals surface area contributed by atoms with Crippen LogP contribution in [-0.2, 0) is 10.2 Å². The number of nitrogens with zero attached hydrogens (tertiary/aromatic N) is 2. The van der Waals surface area contributed by atoms with Crippen molar-refractivity contribution in [1.29, 1.82) is 0 Å². The summed E-state index contributed by atoms with van der Waals surface area (Å²) in [5.41, 5.74) is 6.37. The summed E-state index contributed by atoms with van der Waals surface area (Å²) in [6.45, 7) is 9.60. The Hall–Kier alpha value is -1.71. The first-order valence-corrected chi connectivity index (χ1v) is 10.3. The summed E-state index contributed by atoms with van der Waals surface area (Å²) in [6, 6.07) is 6.02. The molecule has 1 aliphatic heterocycles. The number of piperidine rings is 1. The lowest BCUT2D eigenvalue weighted by Crippen LogP contribution is -2.47. The molecule has 7 nitrogen and oxygen atoms in total. The molecule has 0 radical (unpaired) electrons. The SMILES string of the molecule is CCNC(=NCC(C)(C)c1ccc(OC)c(OC)c1)N1CCCC(CC(N)=O)C1.I. The summed E-state index contributed by atoms with van der Waals surface area (Å²) in [5.74, 6) is 2.41. The molecular formula is C22H37IN4O3. The van der Waals surface area contributed by atoms with E-state index in [-0.39, 0.29) is 35.3 Å². The molecule has 1 saturated heterocycles. The van der Waals surface area contributed by atoms with Gasteiger partial charge in [-0.1, -0.05) is 19.9 Å². The molecule has 3 N–H and O–H groups in total. The predicted octanol–water partition coefficient (Wildman–Crippen LogP) is 3.15. The lowest BCUT2D eigenvalue weighted by Gasteiger charge is -2.35. The maximum atomic E-state index is 11.3. The fourth-order valence-electron chi connectivity index (χ4n) is 3.76. The maximum Gasteiger partial charge on any atom is 0.217 e. The molecule has 0 aliphatic carbocycles. The van der Waals surface area contributed by atoms with Gasteiger partial charge in [0.25, 0.3) is 0 Å². The van der Waals surface area contributed by atoms with Crippen molar-refractivity contribution in [2.24, 2.45) is 16.6 Å². The molecule has 0 bridgehead atoms. The Kier molecular flexibility index (Phi) is 10.7. The number of methoxy groups -OCH3 is 2. The molecule has 1 aromatic rings. The van der Waals surface area contributed by atoms with E-state index in [4.69, 9.17) is 20.2 Å². The Labute approximate surface area is 197 Å². The quantitative estimate of drug-likeness (QED) is 0.305. The number of nitrogens with two attached hydrogens (primary N) is 1. The molecule has 1 aromatic carbocycles. The number of guanidine groups is 1. The van der Waals surface area contributed by atoms with Crippen molar-refractivity contribution in [3.63, 3.8) is 0 Å². The molecule has 170 valence electrons. The number of halogens is 1. The Bertz CT molecular complexity index is 724. The van der Waals surface area contributed by atoms with Crippen molar-refractivity contribution in [2.75, 3.05) is 40.4 Å². The third kappa shape index (κ3) is 7.21. The van der Waals surface area contributed by atoms with E-state index < -0.39 is 0 Å². The molecule has 0 aromatic heterocycles. The highest BCUT2D eigenvalue weighted by molar-refractivity contribution is 14.0. The first-order valence-electron chi connectivity index (χ1n) is 10.3. The second kappa shape index (κ2) is 12.2. The fourth-order valence-corrected chi connectivity index (χ4v) is 3.76. The lowest BCUT2D eigenvalue weighted by molar-refractivity contribution is -0.119. The number of aliphatic imine (C=N–C) groups is 1. The fraction of sp³-hybridized carbons (Fsp3) is 0.636. The largest absolute Gasteiger partial charge is 0.493 e. The summed E-state index contributed by atoms with van der Waals surface area (Å²) in [5, 5.41) is 3.41. The summed E-state index contributed by atoms with van der Waals surface area (Å²) >= 11 is 0. The van der Waals surface area contributed by atoms with Crippen LogP contribution in [0, 0.1) is 5.92 Å². The molecule has 1 aliphatic rings. The number of amides is 1. The van der Waals surface area contributed by atoms with Gasteiger partial charge in [0.1, 0.15) is 0 Å². The van der Waals surface area contributed by atoms with Gasteiger partial charge >= 0.3 is 0 Å². The number of ether oxygens (including phenoxy) is 2. The van der Waals surface area contributed by atoms with Crippen LogP contribution in [0.15, 0.2) is 23.2 Å². The Balaban J connectivity index is 0.00000450. The first kappa shape index (κ1) is 26.3. The molecule has 1 unspecified atom stereocenters. The number of rotatable bonds is 8. The Morgan fingerprint density at radius 3 is 2.60 bits per heavy atom. The Morgan fingerprint density at radius 1 is 1.30 bits per heavy atom. The van der Waals surface area contributed by atoms with E-state index in [0.29, 0.717) is 18.9 Å². The van der Waals surface area contributed by atoms with E-state index in [1.54, 1.807) is 14.2 Å². The maximum absolute atomic E-state index is 11.3. The normalized spacial score (nSPS) is 17.2. The first-order chi connectivity index (χ1) is 13.8. The van der Waals surface area contributed by atoms with E-state index in [2.05, 4.69) is 37.1 Å². The van der Waals surface area contributed by atoms with Gasteiger partial charge in [-0.25, -0.2) is 0 Å². The van der Waals surface area contributed by atoms with E-state index in [1.165, 1.54) is 0 Å². The molecule has 8 heteroatoms. The van der Waals surface area contributed by atoms with Crippen molar-refractivity contribution < 1.29 is 14.3 Å². The van der Waals surface area contributed by atoms with E-state index in [1.807, 2.05) is 12.1 Å². The second-order valence-electron chi connectivity index (χ2n) is 8.25. The zero-order valence-corrected chi connectivity index (χ0v) is 21.2. The monoisotopic (exact) mass is 532 g/mol. The van der Waals surface area contributed by atoms with Crippen LogP contribution in [-0.4, -0.2) is 57.2 Å². The molecule has 1 amide bonds. The molecule has 30 heavy (non-hydrogen) atoms.